The second-order valence-electron chi connectivity index (χ2n) is 6.79. The van der Waals surface area contributed by atoms with Crippen LogP contribution in [0.3, 0.4) is 0 Å². The van der Waals surface area contributed by atoms with Gasteiger partial charge in [0, 0.05) is 12.1 Å². The molecule has 3 aromatic rings. The zero-order chi connectivity index (χ0) is 22.2. The van der Waals surface area contributed by atoms with Crippen LogP contribution in [0.4, 0.5) is 17.6 Å². The molecule has 1 atom stereocenters. The third-order valence-electron chi connectivity index (χ3n) is 4.64. The number of benzene rings is 2. The maximum absolute atomic E-state index is 13.1. The number of nitrogens with zero attached hydrogens (tertiary/aromatic N) is 3. The van der Waals surface area contributed by atoms with Crippen LogP contribution < -0.4 is 4.74 Å². The van der Waals surface area contributed by atoms with Crippen molar-refractivity contribution in [2.45, 2.75) is 23.6 Å². The van der Waals surface area contributed by atoms with Gasteiger partial charge in [0.25, 0.3) is 0 Å². The molecule has 0 radical (unpaired) electrons. The van der Waals surface area contributed by atoms with E-state index in [1.807, 2.05) is 0 Å². The molecule has 2 heterocycles. The average molecular weight is 457 g/mol. The lowest BCUT2D eigenvalue weighted by molar-refractivity contribution is -0.159. The number of halogens is 4. The Morgan fingerprint density at radius 3 is 2.35 bits per heavy atom. The van der Waals surface area contributed by atoms with Crippen LogP contribution in [0.2, 0.25) is 0 Å². The summed E-state index contributed by atoms with van der Waals surface area (Å²) in [7, 11) is -3.77. The highest BCUT2D eigenvalue weighted by atomic mass is 32.2. The first kappa shape index (κ1) is 21.2. The molecule has 0 amide bonds. The van der Waals surface area contributed by atoms with Gasteiger partial charge in [-0.1, -0.05) is 5.16 Å². The lowest BCUT2D eigenvalue weighted by atomic mass is 10.2. The van der Waals surface area contributed by atoms with E-state index < -0.39 is 34.0 Å². The van der Waals surface area contributed by atoms with E-state index >= 15 is 0 Å². The van der Waals surface area contributed by atoms with E-state index in [1.165, 1.54) is 40.7 Å². The number of sulfonamides is 1. The van der Waals surface area contributed by atoms with E-state index in [9.17, 15) is 26.0 Å². The highest BCUT2D eigenvalue weighted by Gasteiger charge is 2.38. The molecule has 0 spiro atoms. The van der Waals surface area contributed by atoms with Crippen LogP contribution in [-0.4, -0.2) is 42.1 Å². The van der Waals surface area contributed by atoms with E-state index in [4.69, 9.17) is 4.74 Å². The molecule has 164 valence electrons. The van der Waals surface area contributed by atoms with Gasteiger partial charge in [0.15, 0.2) is 0 Å². The second-order valence-corrected chi connectivity index (χ2v) is 8.73. The number of hydrogen-bond donors (Lipinski definition) is 0. The Bertz CT molecular complexity index is 1160. The molecule has 4 rings (SSSR count). The van der Waals surface area contributed by atoms with Gasteiger partial charge in [-0.05, 0) is 55.0 Å². The molecule has 1 aliphatic rings. The van der Waals surface area contributed by atoms with Crippen LogP contribution >= 0.6 is 0 Å². The van der Waals surface area contributed by atoms with Crippen molar-refractivity contribution in [1.82, 2.24) is 14.4 Å². The number of aromatic nitrogens is 2. The molecule has 1 aromatic heterocycles. The summed E-state index contributed by atoms with van der Waals surface area (Å²) in [6.07, 6.45) is -4.69. The minimum absolute atomic E-state index is 0.00255. The fourth-order valence-electron chi connectivity index (χ4n) is 3.10. The summed E-state index contributed by atoms with van der Waals surface area (Å²) in [4.78, 5) is 3.31. The van der Waals surface area contributed by atoms with Gasteiger partial charge in [-0.25, -0.2) is 12.8 Å². The summed E-state index contributed by atoms with van der Waals surface area (Å²) in [6, 6.07) is 10.6. The highest BCUT2D eigenvalue weighted by Crippen LogP contribution is 2.30. The molecule has 1 fully saturated rings. The van der Waals surface area contributed by atoms with Crippen molar-refractivity contribution in [1.29, 1.82) is 0 Å². The van der Waals surface area contributed by atoms with Gasteiger partial charge in [-0.15, -0.1) is 0 Å². The van der Waals surface area contributed by atoms with E-state index in [-0.39, 0.29) is 23.8 Å². The molecule has 1 aliphatic heterocycles. The minimum Gasteiger partial charge on any atom is -0.489 e. The highest BCUT2D eigenvalue weighted by molar-refractivity contribution is 7.89. The molecule has 0 N–H and O–H groups in total. The van der Waals surface area contributed by atoms with Gasteiger partial charge in [-0.2, -0.15) is 22.5 Å². The van der Waals surface area contributed by atoms with Crippen LogP contribution in [0.1, 0.15) is 12.3 Å². The standard InChI is InChI=1S/C19H15F4N3O4S/c20-13-3-7-16(8-4-13)31(27,28)26-10-9-15(11-26)29-14-5-1-12(2-6-14)17-24-18(30-25-17)19(21,22)23/h1-8,15H,9-11H2. The molecule has 0 aliphatic carbocycles. The largest absolute Gasteiger partial charge is 0.489 e. The van der Waals surface area contributed by atoms with Gasteiger partial charge in [0.1, 0.15) is 17.7 Å². The molecule has 0 bridgehead atoms. The summed E-state index contributed by atoms with van der Waals surface area (Å²) in [5, 5.41) is 3.31. The maximum Gasteiger partial charge on any atom is 0.471 e. The molecule has 1 saturated heterocycles. The maximum atomic E-state index is 13.1. The summed E-state index contributed by atoms with van der Waals surface area (Å²) < 4.78 is 87.4. The van der Waals surface area contributed by atoms with E-state index in [0.717, 1.165) is 12.1 Å². The van der Waals surface area contributed by atoms with Crippen LogP contribution in [0.15, 0.2) is 57.9 Å². The van der Waals surface area contributed by atoms with E-state index in [1.54, 1.807) is 0 Å². The van der Waals surface area contributed by atoms with Crippen molar-refractivity contribution in [3.63, 3.8) is 0 Å². The van der Waals surface area contributed by atoms with Crippen LogP contribution in [0, 0.1) is 5.82 Å². The Hall–Kier alpha value is -2.99. The quantitative estimate of drug-likeness (QED) is 0.543. The molecular weight excluding hydrogens is 442 g/mol. The zero-order valence-electron chi connectivity index (χ0n) is 15.7. The number of ether oxygens (including phenoxy) is 1. The lowest BCUT2D eigenvalue weighted by Gasteiger charge is -2.17. The number of rotatable bonds is 5. The average Bonchev–Trinajstić information content (AvgIpc) is 3.39. The summed E-state index contributed by atoms with van der Waals surface area (Å²) in [5.74, 6) is -1.76. The zero-order valence-corrected chi connectivity index (χ0v) is 16.5. The summed E-state index contributed by atoms with van der Waals surface area (Å²) >= 11 is 0. The smallest absolute Gasteiger partial charge is 0.471 e. The van der Waals surface area contributed by atoms with Gasteiger partial charge in [0.05, 0.1) is 11.4 Å². The topological polar surface area (TPSA) is 85.5 Å². The van der Waals surface area contributed by atoms with Crippen molar-refractivity contribution in [2.75, 3.05) is 13.1 Å². The monoisotopic (exact) mass is 457 g/mol. The molecule has 7 nitrogen and oxygen atoms in total. The Balaban J connectivity index is 1.40. The van der Waals surface area contributed by atoms with Gasteiger partial charge < -0.3 is 9.26 Å². The summed E-state index contributed by atoms with van der Waals surface area (Å²) in [5.41, 5.74) is 0.304. The Morgan fingerprint density at radius 1 is 1.06 bits per heavy atom. The summed E-state index contributed by atoms with van der Waals surface area (Å²) in [6.45, 7) is 0.354. The lowest BCUT2D eigenvalue weighted by Crippen LogP contribution is -2.31. The number of hydrogen-bond acceptors (Lipinski definition) is 6. The molecular formula is C19H15F4N3O4S. The number of alkyl halides is 3. The Labute approximate surface area is 174 Å². The first-order chi connectivity index (χ1) is 14.6. The third-order valence-corrected chi connectivity index (χ3v) is 6.52. The molecule has 0 saturated carbocycles. The minimum atomic E-state index is -4.73. The first-order valence-electron chi connectivity index (χ1n) is 9.06. The second kappa shape index (κ2) is 7.93. The van der Waals surface area contributed by atoms with Crippen molar-refractivity contribution in [3.05, 3.63) is 60.2 Å². The van der Waals surface area contributed by atoms with Crippen LogP contribution in [0.25, 0.3) is 11.4 Å². The normalized spacial score (nSPS) is 17.7. The van der Waals surface area contributed by atoms with Crippen molar-refractivity contribution >= 4 is 10.0 Å². The van der Waals surface area contributed by atoms with Crippen molar-refractivity contribution in [3.8, 4) is 17.1 Å². The predicted molar refractivity (Wildman–Crippen MR) is 98.9 cm³/mol. The van der Waals surface area contributed by atoms with Gasteiger partial charge in [-0.3, -0.25) is 0 Å². The molecule has 12 heteroatoms. The predicted octanol–water partition coefficient (Wildman–Crippen LogP) is 3.74. The van der Waals surface area contributed by atoms with Gasteiger partial charge >= 0.3 is 12.1 Å². The first-order valence-corrected chi connectivity index (χ1v) is 10.5. The van der Waals surface area contributed by atoms with E-state index in [0.29, 0.717) is 17.7 Å². The molecule has 2 aromatic carbocycles. The van der Waals surface area contributed by atoms with Crippen molar-refractivity contribution in [2.24, 2.45) is 0 Å². The SMILES string of the molecule is O=S(=O)(c1ccc(F)cc1)N1CCC(Oc2ccc(-c3noc(C(F)(F)F)n3)cc2)C1. The van der Waals surface area contributed by atoms with Crippen molar-refractivity contribution < 1.29 is 35.2 Å². The van der Waals surface area contributed by atoms with Crippen LogP contribution in [-0.2, 0) is 16.2 Å². The Kier molecular flexibility index (Phi) is 5.43. The van der Waals surface area contributed by atoms with E-state index in [2.05, 4.69) is 14.7 Å². The fourth-order valence-corrected chi connectivity index (χ4v) is 4.59. The fraction of sp³-hybridized carbons (Fsp3) is 0.263. The van der Waals surface area contributed by atoms with Gasteiger partial charge in [0.2, 0.25) is 15.8 Å². The third kappa shape index (κ3) is 4.54. The molecule has 31 heavy (non-hydrogen) atoms. The molecule has 1 unspecified atom stereocenters. The Morgan fingerprint density at radius 2 is 1.74 bits per heavy atom. The van der Waals surface area contributed by atoms with Crippen LogP contribution in [0.5, 0.6) is 5.75 Å².